The lowest BCUT2D eigenvalue weighted by atomic mass is 9.94. The molecular formula is C13H16N2O. The van der Waals surface area contributed by atoms with Gasteiger partial charge in [-0.05, 0) is 30.2 Å². The van der Waals surface area contributed by atoms with E-state index in [2.05, 4.69) is 35.4 Å². The van der Waals surface area contributed by atoms with Crippen LogP contribution in [0.15, 0.2) is 36.9 Å². The number of hydrogen-bond donors (Lipinski definition) is 2. The van der Waals surface area contributed by atoms with Crippen LogP contribution in [-0.2, 0) is 11.2 Å². The molecule has 1 heterocycles. The fourth-order valence-corrected chi connectivity index (χ4v) is 2.05. The van der Waals surface area contributed by atoms with E-state index in [1.165, 1.54) is 17.2 Å². The van der Waals surface area contributed by atoms with Crippen LogP contribution in [-0.4, -0.2) is 19.0 Å². The van der Waals surface area contributed by atoms with Crippen molar-refractivity contribution < 1.29 is 4.79 Å². The van der Waals surface area contributed by atoms with E-state index < -0.39 is 0 Å². The maximum absolute atomic E-state index is 11.1. The van der Waals surface area contributed by atoms with Crippen LogP contribution in [0, 0.1) is 0 Å². The number of amides is 1. The number of carbonyl (C=O) groups is 1. The Labute approximate surface area is 95.6 Å². The van der Waals surface area contributed by atoms with Crippen molar-refractivity contribution >= 4 is 5.91 Å². The van der Waals surface area contributed by atoms with Crippen LogP contribution in [0.2, 0.25) is 0 Å². The van der Waals surface area contributed by atoms with Gasteiger partial charge in [-0.1, -0.05) is 30.8 Å². The molecule has 1 aromatic rings. The predicted octanol–water partition coefficient (Wildman–Crippen LogP) is 1.18. The molecule has 0 saturated carbocycles. The van der Waals surface area contributed by atoms with Crippen LogP contribution >= 0.6 is 0 Å². The van der Waals surface area contributed by atoms with E-state index in [1.807, 2.05) is 6.07 Å². The van der Waals surface area contributed by atoms with Gasteiger partial charge in [0.2, 0.25) is 5.91 Å². The van der Waals surface area contributed by atoms with Gasteiger partial charge < -0.3 is 10.6 Å². The standard InChI is InChI=1S/C13H16N2O/c1-2-13(16)15-9-12-11-6-4-3-5-10(11)7-8-14-12/h2-6,12,14H,1,7-9H2,(H,15,16). The van der Waals surface area contributed by atoms with Crippen LogP contribution < -0.4 is 10.6 Å². The zero-order valence-electron chi connectivity index (χ0n) is 9.20. The van der Waals surface area contributed by atoms with Crippen molar-refractivity contribution in [1.29, 1.82) is 0 Å². The molecule has 0 fully saturated rings. The molecule has 84 valence electrons. The van der Waals surface area contributed by atoms with Gasteiger partial charge in [-0.2, -0.15) is 0 Å². The monoisotopic (exact) mass is 216 g/mol. The molecule has 3 heteroatoms. The average Bonchev–Trinajstić information content (AvgIpc) is 2.35. The molecule has 0 aromatic heterocycles. The number of rotatable bonds is 3. The van der Waals surface area contributed by atoms with Crippen LogP contribution in [0.25, 0.3) is 0 Å². The molecule has 1 atom stereocenters. The minimum absolute atomic E-state index is 0.121. The van der Waals surface area contributed by atoms with E-state index >= 15 is 0 Å². The first-order valence-electron chi connectivity index (χ1n) is 5.52. The second-order valence-electron chi connectivity index (χ2n) is 3.90. The molecule has 0 bridgehead atoms. The van der Waals surface area contributed by atoms with Crippen LogP contribution in [0.4, 0.5) is 0 Å². The van der Waals surface area contributed by atoms with Crippen molar-refractivity contribution in [1.82, 2.24) is 10.6 Å². The van der Waals surface area contributed by atoms with Gasteiger partial charge in [-0.15, -0.1) is 0 Å². The van der Waals surface area contributed by atoms with Crippen LogP contribution in [0.3, 0.4) is 0 Å². The molecule has 0 saturated heterocycles. The Kier molecular flexibility index (Phi) is 3.37. The fraction of sp³-hybridized carbons (Fsp3) is 0.308. The summed E-state index contributed by atoms with van der Waals surface area (Å²) in [5.41, 5.74) is 2.66. The van der Waals surface area contributed by atoms with Crippen molar-refractivity contribution in [2.45, 2.75) is 12.5 Å². The zero-order chi connectivity index (χ0) is 11.4. The van der Waals surface area contributed by atoms with Crippen molar-refractivity contribution in [2.24, 2.45) is 0 Å². The quantitative estimate of drug-likeness (QED) is 0.745. The summed E-state index contributed by atoms with van der Waals surface area (Å²) in [5.74, 6) is -0.121. The molecule has 1 amide bonds. The summed E-state index contributed by atoms with van der Waals surface area (Å²) in [5, 5.41) is 6.23. The Hall–Kier alpha value is -1.61. The van der Waals surface area contributed by atoms with Crippen molar-refractivity contribution in [2.75, 3.05) is 13.1 Å². The fourth-order valence-electron chi connectivity index (χ4n) is 2.05. The minimum atomic E-state index is -0.121. The number of carbonyl (C=O) groups excluding carboxylic acids is 1. The predicted molar refractivity (Wildman–Crippen MR) is 64.1 cm³/mol. The van der Waals surface area contributed by atoms with E-state index in [9.17, 15) is 4.79 Å². The molecule has 1 unspecified atom stereocenters. The Morgan fingerprint density at radius 2 is 2.38 bits per heavy atom. The van der Waals surface area contributed by atoms with Crippen LogP contribution in [0.5, 0.6) is 0 Å². The summed E-state index contributed by atoms with van der Waals surface area (Å²) >= 11 is 0. The Bertz CT molecular complexity index is 401. The third-order valence-corrected chi connectivity index (χ3v) is 2.88. The molecular weight excluding hydrogens is 200 g/mol. The molecule has 3 nitrogen and oxygen atoms in total. The molecule has 0 radical (unpaired) electrons. The number of benzene rings is 1. The van der Waals surface area contributed by atoms with Gasteiger partial charge in [-0.3, -0.25) is 4.79 Å². The smallest absolute Gasteiger partial charge is 0.243 e. The van der Waals surface area contributed by atoms with Gasteiger partial charge in [0.15, 0.2) is 0 Å². The highest BCUT2D eigenvalue weighted by molar-refractivity contribution is 5.86. The first-order chi connectivity index (χ1) is 7.81. The van der Waals surface area contributed by atoms with Gasteiger partial charge in [-0.25, -0.2) is 0 Å². The summed E-state index contributed by atoms with van der Waals surface area (Å²) in [6.45, 7) is 5.01. The summed E-state index contributed by atoms with van der Waals surface area (Å²) < 4.78 is 0. The highest BCUT2D eigenvalue weighted by atomic mass is 16.1. The largest absolute Gasteiger partial charge is 0.351 e. The van der Waals surface area contributed by atoms with Crippen molar-refractivity contribution in [3.8, 4) is 0 Å². The Balaban J connectivity index is 2.07. The second kappa shape index (κ2) is 4.94. The van der Waals surface area contributed by atoms with Gasteiger partial charge in [0, 0.05) is 12.6 Å². The molecule has 1 aliphatic rings. The van der Waals surface area contributed by atoms with Crippen LogP contribution in [0.1, 0.15) is 17.2 Å². The number of nitrogens with one attached hydrogen (secondary N) is 2. The van der Waals surface area contributed by atoms with Gasteiger partial charge in [0.1, 0.15) is 0 Å². The van der Waals surface area contributed by atoms with Gasteiger partial charge in [0.25, 0.3) is 0 Å². The molecule has 0 aliphatic carbocycles. The first kappa shape index (κ1) is 10.9. The van der Waals surface area contributed by atoms with Gasteiger partial charge >= 0.3 is 0 Å². The third kappa shape index (κ3) is 2.31. The maximum Gasteiger partial charge on any atom is 0.243 e. The SMILES string of the molecule is C=CC(=O)NCC1NCCc2ccccc21. The van der Waals surface area contributed by atoms with Crippen molar-refractivity contribution in [3.05, 3.63) is 48.0 Å². The maximum atomic E-state index is 11.1. The van der Waals surface area contributed by atoms with Gasteiger partial charge in [0.05, 0.1) is 0 Å². The lowest BCUT2D eigenvalue weighted by Crippen LogP contribution is -2.38. The minimum Gasteiger partial charge on any atom is -0.351 e. The van der Waals surface area contributed by atoms with E-state index in [-0.39, 0.29) is 11.9 Å². The lowest BCUT2D eigenvalue weighted by molar-refractivity contribution is -0.116. The molecule has 0 spiro atoms. The zero-order valence-corrected chi connectivity index (χ0v) is 9.20. The molecule has 1 aromatic carbocycles. The van der Waals surface area contributed by atoms with E-state index in [0.717, 1.165) is 13.0 Å². The summed E-state index contributed by atoms with van der Waals surface area (Å²) in [7, 11) is 0. The van der Waals surface area contributed by atoms with E-state index in [1.54, 1.807) is 0 Å². The molecule has 2 rings (SSSR count). The molecule has 16 heavy (non-hydrogen) atoms. The average molecular weight is 216 g/mol. The Morgan fingerprint density at radius 1 is 1.56 bits per heavy atom. The third-order valence-electron chi connectivity index (χ3n) is 2.88. The molecule has 1 aliphatic heterocycles. The Morgan fingerprint density at radius 3 is 3.19 bits per heavy atom. The van der Waals surface area contributed by atoms with Crippen molar-refractivity contribution in [3.63, 3.8) is 0 Å². The highest BCUT2D eigenvalue weighted by Crippen LogP contribution is 2.21. The van der Waals surface area contributed by atoms with E-state index in [0.29, 0.717) is 6.54 Å². The second-order valence-corrected chi connectivity index (χ2v) is 3.90. The van der Waals surface area contributed by atoms with E-state index in [4.69, 9.17) is 0 Å². The molecule has 2 N–H and O–H groups in total. The summed E-state index contributed by atoms with van der Waals surface area (Å²) in [6.07, 6.45) is 2.36. The summed E-state index contributed by atoms with van der Waals surface area (Å²) in [4.78, 5) is 11.1. The number of hydrogen-bond acceptors (Lipinski definition) is 2. The lowest BCUT2D eigenvalue weighted by Gasteiger charge is -2.26. The first-order valence-corrected chi connectivity index (χ1v) is 5.52. The number of fused-ring (bicyclic) bond motifs is 1. The topological polar surface area (TPSA) is 41.1 Å². The highest BCUT2D eigenvalue weighted by Gasteiger charge is 2.18. The normalized spacial score (nSPS) is 18.6. The summed E-state index contributed by atoms with van der Waals surface area (Å²) in [6, 6.07) is 8.58.